The lowest BCUT2D eigenvalue weighted by molar-refractivity contribution is 0.378. The average molecular weight is 294 g/mol. The molecule has 0 aliphatic heterocycles. The Hall–Kier alpha value is -1.28. The number of nitrogens with zero attached hydrogens (tertiary/aromatic N) is 1. The van der Waals surface area contributed by atoms with E-state index in [-0.39, 0.29) is 11.4 Å². The molecule has 1 aromatic rings. The van der Waals surface area contributed by atoms with Crippen LogP contribution in [-0.2, 0) is 14.6 Å². The molecule has 1 atom stereocenters. The standard InChI is InChI=1S/C8H11N2O6PS/c1-18(14,15)9-6-17(12,13)16-8-4-2-7(10-11)3-5-8/h2-5,9H,6H2,1H3,(H,12,13). The quantitative estimate of drug-likeness (QED) is 0.599. The first-order valence-corrected chi connectivity index (χ1v) is 8.27. The molecular weight excluding hydrogens is 283 g/mol. The summed E-state index contributed by atoms with van der Waals surface area (Å²) in [5.41, 5.74) is 0.143. The van der Waals surface area contributed by atoms with E-state index in [0.29, 0.717) is 0 Å². The van der Waals surface area contributed by atoms with Gasteiger partial charge in [0.25, 0.3) is 0 Å². The van der Waals surface area contributed by atoms with E-state index in [2.05, 4.69) is 5.18 Å². The van der Waals surface area contributed by atoms with Gasteiger partial charge in [0.2, 0.25) is 10.0 Å². The Balaban J connectivity index is 2.69. The van der Waals surface area contributed by atoms with Gasteiger partial charge in [-0.1, -0.05) is 0 Å². The summed E-state index contributed by atoms with van der Waals surface area (Å²) in [4.78, 5) is 19.5. The normalized spacial score (nSPS) is 14.8. The van der Waals surface area contributed by atoms with Crippen molar-refractivity contribution in [1.29, 1.82) is 0 Å². The minimum atomic E-state index is -4.13. The summed E-state index contributed by atoms with van der Waals surface area (Å²) in [5.74, 6) is 0.0311. The van der Waals surface area contributed by atoms with E-state index in [1.54, 1.807) is 0 Å². The Kier molecular flexibility index (Phi) is 4.58. The molecule has 0 saturated carbocycles. The molecule has 0 heterocycles. The molecule has 1 aromatic carbocycles. The number of hydrogen-bond acceptors (Lipinski definition) is 6. The Morgan fingerprint density at radius 1 is 1.39 bits per heavy atom. The highest BCUT2D eigenvalue weighted by Gasteiger charge is 2.22. The largest absolute Gasteiger partial charge is 0.424 e. The SMILES string of the molecule is CS(=O)(=O)NCP(=O)(O)Oc1ccc(N=O)cc1. The van der Waals surface area contributed by atoms with Crippen molar-refractivity contribution in [3.63, 3.8) is 0 Å². The van der Waals surface area contributed by atoms with Crippen LogP contribution < -0.4 is 9.25 Å². The van der Waals surface area contributed by atoms with Crippen molar-refractivity contribution in [3.8, 4) is 5.75 Å². The first-order valence-electron chi connectivity index (χ1n) is 4.61. The number of sulfonamides is 1. The second-order valence-electron chi connectivity index (χ2n) is 3.39. The third kappa shape index (κ3) is 5.37. The highest BCUT2D eigenvalue weighted by atomic mass is 32.2. The van der Waals surface area contributed by atoms with Crippen LogP contribution in [0.2, 0.25) is 0 Å². The van der Waals surface area contributed by atoms with E-state index >= 15 is 0 Å². The van der Waals surface area contributed by atoms with Crippen LogP contribution >= 0.6 is 7.60 Å². The van der Waals surface area contributed by atoms with Gasteiger partial charge >= 0.3 is 7.60 Å². The third-order valence-corrected chi connectivity index (χ3v) is 3.65. The van der Waals surface area contributed by atoms with Gasteiger partial charge in [0.05, 0.1) is 6.26 Å². The summed E-state index contributed by atoms with van der Waals surface area (Å²) in [6, 6.07) is 5.15. The maximum Gasteiger partial charge on any atom is 0.391 e. The maximum atomic E-state index is 11.5. The van der Waals surface area contributed by atoms with Gasteiger partial charge in [0.15, 0.2) is 0 Å². The van der Waals surface area contributed by atoms with E-state index in [4.69, 9.17) is 4.52 Å². The predicted molar refractivity (Wildman–Crippen MR) is 65.2 cm³/mol. The summed E-state index contributed by atoms with van der Waals surface area (Å²) in [6.07, 6.45) is 0.122. The van der Waals surface area contributed by atoms with Crippen molar-refractivity contribution in [2.75, 3.05) is 12.5 Å². The molecule has 100 valence electrons. The molecule has 0 aromatic heterocycles. The zero-order chi connectivity index (χ0) is 13.8. The molecule has 8 nitrogen and oxygen atoms in total. The minimum Gasteiger partial charge on any atom is -0.424 e. The Bertz CT molecular complexity index is 570. The lowest BCUT2D eigenvalue weighted by Crippen LogP contribution is -2.24. The number of hydrogen-bond donors (Lipinski definition) is 2. The van der Waals surface area contributed by atoms with Crippen molar-refractivity contribution in [2.24, 2.45) is 5.18 Å². The molecule has 1 rings (SSSR count). The smallest absolute Gasteiger partial charge is 0.391 e. The van der Waals surface area contributed by atoms with Crippen LogP contribution in [-0.4, -0.2) is 25.9 Å². The molecule has 18 heavy (non-hydrogen) atoms. The Labute approximate surface area is 104 Å². The van der Waals surface area contributed by atoms with E-state index in [1.807, 2.05) is 4.72 Å². The molecule has 0 aliphatic rings. The molecular formula is C8H11N2O6PS. The van der Waals surface area contributed by atoms with Gasteiger partial charge in [0.1, 0.15) is 17.7 Å². The van der Waals surface area contributed by atoms with Gasteiger partial charge in [-0.25, -0.2) is 17.7 Å². The van der Waals surface area contributed by atoms with E-state index in [9.17, 15) is 22.8 Å². The number of benzene rings is 1. The van der Waals surface area contributed by atoms with E-state index in [0.717, 1.165) is 6.26 Å². The van der Waals surface area contributed by atoms with Gasteiger partial charge in [-0.15, -0.1) is 4.91 Å². The van der Waals surface area contributed by atoms with Crippen LogP contribution in [0.1, 0.15) is 0 Å². The Morgan fingerprint density at radius 2 is 1.94 bits per heavy atom. The fraction of sp³-hybridized carbons (Fsp3) is 0.250. The third-order valence-electron chi connectivity index (χ3n) is 1.72. The number of rotatable bonds is 6. The van der Waals surface area contributed by atoms with Gasteiger partial charge in [-0.3, -0.25) is 0 Å². The molecule has 10 heteroatoms. The van der Waals surface area contributed by atoms with Crippen molar-refractivity contribution in [3.05, 3.63) is 29.2 Å². The highest BCUT2D eigenvalue weighted by molar-refractivity contribution is 7.89. The first kappa shape index (κ1) is 14.8. The van der Waals surface area contributed by atoms with E-state index in [1.165, 1.54) is 24.3 Å². The summed E-state index contributed by atoms with van der Waals surface area (Å²) in [5, 5.41) is 2.65. The van der Waals surface area contributed by atoms with Crippen LogP contribution in [0.15, 0.2) is 29.4 Å². The minimum absolute atomic E-state index is 0.0311. The fourth-order valence-electron chi connectivity index (χ4n) is 0.964. The van der Waals surface area contributed by atoms with Gasteiger partial charge in [-0.05, 0) is 29.4 Å². The molecule has 0 amide bonds. The second-order valence-corrected chi connectivity index (χ2v) is 7.00. The lowest BCUT2D eigenvalue weighted by Gasteiger charge is -2.13. The Morgan fingerprint density at radius 3 is 2.39 bits per heavy atom. The number of nitroso groups, excluding NO2 is 1. The predicted octanol–water partition coefficient (Wildman–Crippen LogP) is 1.16. The molecule has 0 aliphatic carbocycles. The molecule has 2 N–H and O–H groups in total. The second kappa shape index (κ2) is 5.57. The van der Waals surface area contributed by atoms with Crippen LogP contribution in [0.4, 0.5) is 5.69 Å². The summed E-state index contributed by atoms with van der Waals surface area (Å²) >= 11 is 0. The first-order chi connectivity index (χ1) is 8.22. The molecule has 0 saturated heterocycles. The zero-order valence-corrected chi connectivity index (χ0v) is 11.0. The molecule has 0 fully saturated rings. The summed E-state index contributed by atoms with van der Waals surface area (Å²) < 4.78 is 39.6. The molecule has 0 bridgehead atoms. The van der Waals surface area contributed by atoms with E-state index < -0.39 is 23.9 Å². The summed E-state index contributed by atoms with van der Waals surface area (Å²) in [6.45, 7) is 0. The van der Waals surface area contributed by atoms with Crippen LogP contribution in [0.5, 0.6) is 5.75 Å². The summed E-state index contributed by atoms with van der Waals surface area (Å²) in [7, 11) is -7.71. The molecule has 1 unspecified atom stereocenters. The zero-order valence-electron chi connectivity index (χ0n) is 9.31. The fourth-order valence-corrected chi connectivity index (χ4v) is 3.07. The number of nitrogens with one attached hydrogen (secondary N) is 1. The molecule has 0 spiro atoms. The topological polar surface area (TPSA) is 122 Å². The molecule has 0 radical (unpaired) electrons. The monoisotopic (exact) mass is 294 g/mol. The van der Waals surface area contributed by atoms with Crippen molar-refractivity contribution < 1.29 is 22.4 Å². The lowest BCUT2D eigenvalue weighted by atomic mass is 10.3. The van der Waals surface area contributed by atoms with Crippen LogP contribution in [0.3, 0.4) is 0 Å². The average Bonchev–Trinajstić information content (AvgIpc) is 2.26. The van der Waals surface area contributed by atoms with Gasteiger partial charge < -0.3 is 9.42 Å². The van der Waals surface area contributed by atoms with Crippen LogP contribution in [0, 0.1) is 4.91 Å². The van der Waals surface area contributed by atoms with Crippen LogP contribution in [0.25, 0.3) is 0 Å². The highest BCUT2D eigenvalue weighted by Crippen LogP contribution is 2.41. The van der Waals surface area contributed by atoms with Gasteiger partial charge in [0, 0.05) is 0 Å². The van der Waals surface area contributed by atoms with Crippen molar-refractivity contribution in [2.45, 2.75) is 0 Å². The van der Waals surface area contributed by atoms with Crippen molar-refractivity contribution in [1.82, 2.24) is 4.72 Å². The maximum absolute atomic E-state index is 11.5. The van der Waals surface area contributed by atoms with Gasteiger partial charge in [-0.2, -0.15) is 0 Å². The van der Waals surface area contributed by atoms with Crippen molar-refractivity contribution >= 4 is 23.3 Å².